The number of fused-ring (bicyclic) bond motifs is 2. The second-order valence-electron chi connectivity index (χ2n) is 7.77. The molecule has 1 aliphatic carbocycles. The van der Waals surface area contributed by atoms with Gasteiger partial charge < -0.3 is 9.47 Å². The van der Waals surface area contributed by atoms with Gasteiger partial charge in [-0.3, -0.25) is 4.90 Å². The first-order valence-corrected chi connectivity index (χ1v) is 10.5. The fourth-order valence-corrected chi connectivity index (χ4v) is 4.48. The van der Waals surface area contributed by atoms with Crippen molar-refractivity contribution in [2.75, 3.05) is 26.3 Å². The molecule has 4 rings (SSSR count). The van der Waals surface area contributed by atoms with Crippen LogP contribution in [0.25, 0.3) is 0 Å². The first-order chi connectivity index (χ1) is 13.3. The van der Waals surface area contributed by atoms with Crippen LogP contribution in [0.15, 0.2) is 42.5 Å². The Kier molecular flexibility index (Phi) is 5.98. The van der Waals surface area contributed by atoms with Crippen LogP contribution >= 0.6 is 0 Å². The maximum Gasteiger partial charge on any atom is 0.164 e. The van der Waals surface area contributed by atoms with Gasteiger partial charge in [-0.05, 0) is 67.8 Å². The van der Waals surface area contributed by atoms with Gasteiger partial charge in [0.2, 0.25) is 0 Å². The van der Waals surface area contributed by atoms with Crippen molar-refractivity contribution in [3.05, 3.63) is 59.2 Å². The predicted molar refractivity (Wildman–Crippen MR) is 110 cm³/mol. The Hall–Kier alpha value is -2.00. The number of nitrogens with zero attached hydrogens (tertiary/aromatic N) is 1. The van der Waals surface area contributed by atoms with E-state index in [1.807, 2.05) is 6.07 Å². The predicted octanol–water partition coefficient (Wildman–Crippen LogP) is 4.66. The average molecular weight is 366 g/mol. The van der Waals surface area contributed by atoms with Gasteiger partial charge >= 0.3 is 0 Å². The third kappa shape index (κ3) is 4.30. The van der Waals surface area contributed by atoms with Gasteiger partial charge in [-0.25, -0.2) is 0 Å². The zero-order valence-electron chi connectivity index (χ0n) is 16.5. The highest BCUT2D eigenvalue weighted by atomic mass is 16.5. The summed E-state index contributed by atoms with van der Waals surface area (Å²) in [5.74, 6) is 1.89. The molecule has 144 valence electrons. The molecule has 0 aromatic heterocycles. The molecule has 0 saturated carbocycles. The van der Waals surface area contributed by atoms with E-state index in [2.05, 4.69) is 48.2 Å². The van der Waals surface area contributed by atoms with E-state index in [-0.39, 0.29) is 0 Å². The quantitative estimate of drug-likeness (QED) is 0.635. The lowest BCUT2D eigenvalue weighted by Gasteiger charge is -2.28. The lowest BCUT2D eigenvalue weighted by atomic mass is 10.1. The van der Waals surface area contributed by atoms with Crippen molar-refractivity contribution in [3.63, 3.8) is 0 Å². The molecule has 0 N–H and O–H groups in total. The molecule has 0 spiro atoms. The Balaban J connectivity index is 1.30. The van der Waals surface area contributed by atoms with Gasteiger partial charge in [-0.2, -0.15) is 0 Å². The summed E-state index contributed by atoms with van der Waals surface area (Å²) in [6, 6.07) is 15.9. The smallest absolute Gasteiger partial charge is 0.164 e. The van der Waals surface area contributed by atoms with E-state index in [0.717, 1.165) is 50.5 Å². The summed E-state index contributed by atoms with van der Waals surface area (Å²) < 4.78 is 12.0. The summed E-state index contributed by atoms with van der Waals surface area (Å²) >= 11 is 0. The number of hydrogen-bond donors (Lipinski definition) is 0. The van der Waals surface area contributed by atoms with Crippen molar-refractivity contribution in [1.82, 2.24) is 4.90 Å². The van der Waals surface area contributed by atoms with Gasteiger partial charge in [-0.1, -0.05) is 43.3 Å². The van der Waals surface area contributed by atoms with E-state index in [1.165, 1.54) is 42.5 Å². The molecule has 27 heavy (non-hydrogen) atoms. The molecule has 2 aromatic rings. The zero-order valence-corrected chi connectivity index (χ0v) is 16.5. The Morgan fingerprint density at radius 1 is 1.00 bits per heavy atom. The summed E-state index contributed by atoms with van der Waals surface area (Å²) in [4.78, 5) is 2.67. The number of ether oxygens (including phenoxy) is 2. The first-order valence-electron chi connectivity index (χ1n) is 10.5. The van der Waals surface area contributed by atoms with Gasteiger partial charge in [-0.15, -0.1) is 0 Å². The van der Waals surface area contributed by atoms with Crippen LogP contribution < -0.4 is 9.47 Å². The van der Waals surface area contributed by atoms with Crippen LogP contribution in [0, 0.1) is 0 Å². The summed E-state index contributed by atoms with van der Waals surface area (Å²) in [5.41, 5.74) is 4.36. The number of benzene rings is 2. The zero-order chi connectivity index (χ0) is 18.5. The average Bonchev–Trinajstić information content (AvgIpc) is 3.14. The van der Waals surface area contributed by atoms with Crippen molar-refractivity contribution in [3.8, 4) is 11.5 Å². The molecule has 0 radical (unpaired) electrons. The van der Waals surface area contributed by atoms with Gasteiger partial charge in [0.1, 0.15) is 0 Å². The molecule has 1 aliphatic heterocycles. The minimum atomic E-state index is 0.648. The van der Waals surface area contributed by atoms with Crippen LogP contribution in [0.1, 0.15) is 42.9 Å². The monoisotopic (exact) mass is 365 g/mol. The van der Waals surface area contributed by atoms with Gasteiger partial charge in [0.25, 0.3) is 0 Å². The van der Waals surface area contributed by atoms with Crippen molar-refractivity contribution >= 4 is 0 Å². The lowest BCUT2D eigenvalue weighted by Crippen LogP contribution is -2.37. The van der Waals surface area contributed by atoms with Crippen LogP contribution in [0.3, 0.4) is 0 Å². The standard InChI is InChI=1S/C24H31NO2/c1-2-13-25(22-17-20-8-3-4-9-21(20)18-22)14-7-16-26-23-12-5-10-19-11-6-15-27-24(19)23/h3-5,8-10,12,22H,2,6-7,11,13-18H2,1H3. The maximum atomic E-state index is 6.11. The molecule has 0 saturated heterocycles. The third-order valence-corrected chi connectivity index (χ3v) is 5.80. The molecule has 0 unspecified atom stereocenters. The van der Waals surface area contributed by atoms with E-state index < -0.39 is 0 Å². The van der Waals surface area contributed by atoms with Crippen molar-refractivity contribution in [1.29, 1.82) is 0 Å². The van der Waals surface area contributed by atoms with Crippen LogP contribution in [0.5, 0.6) is 11.5 Å². The fraction of sp³-hybridized carbons (Fsp3) is 0.500. The fourth-order valence-electron chi connectivity index (χ4n) is 4.48. The topological polar surface area (TPSA) is 21.7 Å². The largest absolute Gasteiger partial charge is 0.490 e. The SMILES string of the molecule is CCCN(CCCOc1cccc2c1OCCC2)C1Cc2ccccc2C1. The van der Waals surface area contributed by atoms with E-state index in [4.69, 9.17) is 9.47 Å². The summed E-state index contributed by atoms with van der Waals surface area (Å²) in [6.07, 6.45) is 6.84. The van der Waals surface area contributed by atoms with Gasteiger partial charge in [0.05, 0.1) is 13.2 Å². The third-order valence-electron chi connectivity index (χ3n) is 5.80. The maximum absolute atomic E-state index is 6.11. The highest BCUT2D eigenvalue weighted by Gasteiger charge is 2.25. The molecule has 0 atom stereocenters. The molecule has 0 amide bonds. The highest BCUT2D eigenvalue weighted by Crippen LogP contribution is 2.34. The second kappa shape index (κ2) is 8.79. The molecule has 3 heteroatoms. The minimum absolute atomic E-state index is 0.648. The van der Waals surface area contributed by atoms with Crippen molar-refractivity contribution < 1.29 is 9.47 Å². The number of rotatable bonds is 8. The summed E-state index contributed by atoms with van der Waals surface area (Å²) in [7, 11) is 0. The van der Waals surface area contributed by atoms with Crippen LogP contribution in [-0.2, 0) is 19.3 Å². The Bertz CT molecular complexity index is 733. The first kappa shape index (κ1) is 18.4. The number of aryl methyl sites for hydroxylation is 1. The van der Waals surface area contributed by atoms with E-state index >= 15 is 0 Å². The molecule has 3 nitrogen and oxygen atoms in total. The van der Waals surface area contributed by atoms with E-state index in [9.17, 15) is 0 Å². The molecule has 0 fully saturated rings. The number of para-hydroxylation sites is 1. The normalized spacial score (nSPS) is 16.1. The summed E-state index contributed by atoms with van der Waals surface area (Å²) in [6.45, 7) is 6.10. The molecular weight excluding hydrogens is 334 g/mol. The van der Waals surface area contributed by atoms with E-state index in [1.54, 1.807) is 0 Å². The molecule has 0 bridgehead atoms. The summed E-state index contributed by atoms with van der Waals surface area (Å²) in [5, 5.41) is 0. The van der Waals surface area contributed by atoms with Crippen LogP contribution in [0.2, 0.25) is 0 Å². The van der Waals surface area contributed by atoms with Gasteiger partial charge in [0, 0.05) is 12.6 Å². The molecule has 2 aromatic carbocycles. The highest BCUT2D eigenvalue weighted by molar-refractivity contribution is 5.47. The number of hydrogen-bond acceptors (Lipinski definition) is 3. The van der Waals surface area contributed by atoms with Crippen molar-refractivity contribution in [2.45, 2.75) is 51.5 Å². The lowest BCUT2D eigenvalue weighted by molar-refractivity contribution is 0.179. The van der Waals surface area contributed by atoms with Gasteiger partial charge in [0.15, 0.2) is 11.5 Å². The Morgan fingerprint density at radius 2 is 1.78 bits per heavy atom. The van der Waals surface area contributed by atoms with Crippen LogP contribution in [0.4, 0.5) is 0 Å². The molecule has 1 heterocycles. The van der Waals surface area contributed by atoms with Crippen molar-refractivity contribution in [2.24, 2.45) is 0 Å². The van der Waals surface area contributed by atoms with E-state index in [0.29, 0.717) is 6.04 Å². The minimum Gasteiger partial charge on any atom is -0.490 e. The second-order valence-corrected chi connectivity index (χ2v) is 7.77. The molecule has 2 aliphatic rings. The Morgan fingerprint density at radius 3 is 2.56 bits per heavy atom. The van der Waals surface area contributed by atoms with Crippen LogP contribution in [-0.4, -0.2) is 37.2 Å². The Labute approximate surface area is 163 Å². The molecular formula is C24H31NO2.